The highest BCUT2D eigenvalue weighted by Gasteiger charge is 2.26. The summed E-state index contributed by atoms with van der Waals surface area (Å²) in [6.45, 7) is -1.52. The number of aliphatic imine (C=N–C) groups is 1. The summed E-state index contributed by atoms with van der Waals surface area (Å²) in [7, 11) is 1.61. The molecule has 0 radical (unpaired) electrons. The highest BCUT2D eigenvalue weighted by atomic mass is 35.5. The van der Waals surface area contributed by atoms with Crippen LogP contribution in [0.3, 0.4) is 0 Å². The van der Waals surface area contributed by atoms with Gasteiger partial charge in [-0.15, -0.1) is 0 Å². The van der Waals surface area contributed by atoms with Gasteiger partial charge in [-0.1, -0.05) is 11.6 Å². The lowest BCUT2D eigenvalue weighted by Gasteiger charge is -2.20. The Morgan fingerprint density at radius 3 is 2.97 bits per heavy atom. The Bertz CT molecular complexity index is 867. The highest BCUT2D eigenvalue weighted by Crippen LogP contribution is 2.24. The number of pyridine rings is 1. The Balaban J connectivity index is 1.58. The van der Waals surface area contributed by atoms with Crippen molar-refractivity contribution in [3.05, 3.63) is 52.9 Å². The van der Waals surface area contributed by atoms with Gasteiger partial charge in [0.25, 0.3) is 0 Å². The number of ether oxygens (including phenoxy) is 1. The number of aromatic nitrogens is 1. The largest absolute Gasteiger partial charge is 0.434 e. The number of halogens is 4. The molecule has 0 spiro atoms. The Hall–Kier alpha value is -2.68. The average Bonchev–Trinajstić information content (AvgIpc) is 3.15. The van der Waals surface area contributed by atoms with Crippen molar-refractivity contribution in [2.24, 2.45) is 4.99 Å². The van der Waals surface area contributed by atoms with Gasteiger partial charge in [0.15, 0.2) is 17.6 Å². The maximum absolute atomic E-state index is 13.9. The number of hydrogen-bond acceptors (Lipinski definition) is 4. The van der Waals surface area contributed by atoms with E-state index in [2.05, 4.69) is 25.3 Å². The summed E-state index contributed by atoms with van der Waals surface area (Å²) in [5.74, 6) is 0.502. The molecule has 1 atom stereocenters. The van der Waals surface area contributed by atoms with E-state index in [0.717, 1.165) is 6.42 Å². The zero-order valence-electron chi connectivity index (χ0n) is 15.7. The second-order valence-corrected chi connectivity index (χ2v) is 6.88. The lowest BCUT2D eigenvalue weighted by atomic mass is 10.2. The molecule has 0 amide bonds. The first kappa shape index (κ1) is 21.0. The second kappa shape index (κ2) is 9.69. The summed E-state index contributed by atoms with van der Waals surface area (Å²) in [4.78, 5) is 10.1. The molecule has 1 aromatic carbocycles. The number of alkyl halides is 2. The Kier molecular flexibility index (Phi) is 7.03. The van der Waals surface area contributed by atoms with Crippen molar-refractivity contribution in [1.82, 2.24) is 15.6 Å². The minimum atomic E-state index is -2.93. The minimum absolute atomic E-state index is 0.0266. The third-order valence-corrected chi connectivity index (χ3v) is 4.71. The molecule has 6 nitrogen and oxygen atoms in total. The zero-order chi connectivity index (χ0) is 20.8. The van der Waals surface area contributed by atoms with Gasteiger partial charge in [-0.2, -0.15) is 8.78 Å². The van der Waals surface area contributed by atoms with Crippen molar-refractivity contribution >= 4 is 23.4 Å². The van der Waals surface area contributed by atoms with Crippen molar-refractivity contribution in [2.75, 3.05) is 25.0 Å². The van der Waals surface area contributed by atoms with Crippen LogP contribution in [-0.2, 0) is 6.54 Å². The van der Waals surface area contributed by atoms with E-state index in [-0.39, 0.29) is 24.2 Å². The third-order valence-electron chi connectivity index (χ3n) is 4.48. The van der Waals surface area contributed by atoms with Gasteiger partial charge in [0.05, 0.1) is 0 Å². The molecular formula is C19H21ClF3N5O. The molecule has 29 heavy (non-hydrogen) atoms. The first-order valence-corrected chi connectivity index (χ1v) is 9.40. The van der Waals surface area contributed by atoms with Gasteiger partial charge in [0.1, 0.15) is 5.75 Å². The average molecular weight is 428 g/mol. The number of benzene rings is 1. The SMILES string of the molecule is CN=C(NCc1cc(Cl)ccc1OC(F)F)NC1CCN(c2ncccc2F)C1. The third kappa shape index (κ3) is 5.66. The number of hydrogen-bond donors (Lipinski definition) is 2. The summed E-state index contributed by atoms with van der Waals surface area (Å²) < 4.78 is 43.6. The smallest absolute Gasteiger partial charge is 0.387 e. The summed E-state index contributed by atoms with van der Waals surface area (Å²) in [6, 6.07) is 7.41. The van der Waals surface area contributed by atoms with Crippen LogP contribution in [0.1, 0.15) is 12.0 Å². The number of anilines is 1. The lowest BCUT2D eigenvalue weighted by Crippen LogP contribution is -2.44. The topological polar surface area (TPSA) is 61.8 Å². The van der Waals surface area contributed by atoms with Crippen molar-refractivity contribution in [1.29, 1.82) is 0 Å². The summed E-state index contributed by atoms with van der Waals surface area (Å²) in [5.41, 5.74) is 0.476. The van der Waals surface area contributed by atoms with E-state index < -0.39 is 6.61 Å². The molecule has 0 saturated carbocycles. The number of nitrogens with zero attached hydrogens (tertiary/aromatic N) is 3. The van der Waals surface area contributed by atoms with Crippen LogP contribution in [0, 0.1) is 5.82 Å². The number of guanidine groups is 1. The van der Waals surface area contributed by atoms with E-state index in [9.17, 15) is 13.2 Å². The van der Waals surface area contributed by atoms with Crippen LogP contribution in [0.5, 0.6) is 5.75 Å². The predicted molar refractivity (Wildman–Crippen MR) is 106 cm³/mol. The van der Waals surface area contributed by atoms with E-state index in [1.807, 2.05) is 4.90 Å². The molecule has 1 saturated heterocycles. The van der Waals surface area contributed by atoms with Gasteiger partial charge < -0.3 is 20.3 Å². The first-order chi connectivity index (χ1) is 14.0. The summed E-state index contributed by atoms with van der Waals surface area (Å²) >= 11 is 5.97. The van der Waals surface area contributed by atoms with Crippen molar-refractivity contribution < 1.29 is 17.9 Å². The zero-order valence-corrected chi connectivity index (χ0v) is 16.5. The highest BCUT2D eigenvalue weighted by molar-refractivity contribution is 6.30. The Labute approximate surface area is 171 Å². The molecule has 1 aromatic heterocycles. The molecule has 2 heterocycles. The predicted octanol–water partition coefficient (Wildman–Crippen LogP) is 3.42. The Morgan fingerprint density at radius 2 is 2.24 bits per heavy atom. The van der Waals surface area contributed by atoms with E-state index in [1.54, 1.807) is 25.4 Å². The van der Waals surface area contributed by atoms with Crippen molar-refractivity contribution in [3.8, 4) is 5.75 Å². The molecule has 1 aliphatic rings. The summed E-state index contributed by atoms with van der Waals surface area (Å²) in [6.07, 6.45) is 2.33. The standard InChI is InChI=1S/C19H21ClF3N5O/c1-24-19(26-10-12-9-13(20)4-5-16(12)29-18(22)23)27-14-6-8-28(11-14)17-15(21)3-2-7-25-17/h2-5,7,9,14,18H,6,8,10-11H2,1H3,(H2,24,26,27). The molecule has 2 N–H and O–H groups in total. The van der Waals surface area contributed by atoms with Crippen LogP contribution >= 0.6 is 11.6 Å². The Morgan fingerprint density at radius 1 is 1.41 bits per heavy atom. The van der Waals surface area contributed by atoms with E-state index in [4.69, 9.17) is 11.6 Å². The normalized spacial score (nSPS) is 17.0. The molecule has 0 bridgehead atoms. The van der Waals surface area contributed by atoms with Crippen LogP contribution in [0.4, 0.5) is 19.0 Å². The molecular weight excluding hydrogens is 407 g/mol. The fourth-order valence-electron chi connectivity index (χ4n) is 3.14. The maximum Gasteiger partial charge on any atom is 0.387 e. The molecule has 1 unspecified atom stereocenters. The van der Waals surface area contributed by atoms with Gasteiger partial charge in [0, 0.05) is 49.5 Å². The van der Waals surface area contributed by atoms with Crippen LogP contribution in [-0.4, -0.2) is 43.7 Å². The van der Waals surface area contributed by atoms with Gasteiger partial charge in [-0.3, -0.25) is 4.99 Å². The van der Waals surface area contributed by atoms with Gasteiger partial charge in [0.2, 0.25) is 0 Å². The molecule has 1 aliphatic heterocycles. The minimum Gasteiger partial charge on any atom is -0.434 e. The molecule has 2 aromatic rings. The first-order valence-electron chi connectivity index (χ1n) is 9.02. The molecule has 3 rings (SSSR count). The molecule has 1 fully saturated rings. The van der Waals surface area contributed by atoms with E-state index in [0.29, 0.717) is 35.5 Å². The van der Waals surface area contributed by atoms with Gasteiger partial charge in [-0.25, -0.2) is 9.37 Å². The molecule has 156 valence electrons. The lowest BCUT2D eigenvalue weighted by molar-refractivity contribution is -0.0504. The monoisotopic (exact) mass is 427 g/mol. The van der Waals surface area contributed by atoms with Gasteiger partial charge in [-0.05, 0) is 36.8 Å². The van der Waals surface area contributed by atoms with Gasteiger partial charge >= 0.3 is 6.61 Å². The van der Waals surface area contributed by atoms with Crippen LogP contribution in [0.15, 0.2) is 41.5 Å². The summed E-state index contributed by atoms with van der Waals surface area (Å²) in [5, 5.41) is 6.73. The van der Waals surface area contributed by atoms with Crippen LogP contribution < -0.4 is 20.3 Å². The molecule has 0 aliphatic carbocycles. The quantitative estimate of drug-likeness (QED) is 0.546. The number of nitrogens with one attached hydrogen (secondary N) is 2. The second-order valence-electron chi connectivity index (χ2n) is 6.44. The fraction of sp³-hybridized carbons (Fsp3) is 0.368. The van der Waals surface area contributed by atoms with Crippen molar-refractivity contribution in [2.45, 2.75) is 25.6 Å². The maximum atomic E-state index is 13.9. The van der Waals surface area contributed by atoms with Crippen molar-refractivity contribution in [3.63, 3.8) is 0 Å². The number of rotatable bonds is 6. The molecule has 10 heteroatoms. The van der Waals surface area contributed by atoms with Crippen LogP contribution in [0.25, 0.3) is 0 Å². The van der Waals surface area contributed by atoms with E-state index >= 15 is 0 Å². The fourth-order valence-corrected chi connectivity index (χ4v) is 3.34. The van der Waals surface area contributed by atoms with E-state index in [1.165, 1.54) is 18.2 Å². The van der Waals surface area contributed by atoms with Crippen LogP contribution in [0.2, 0.25) is 5.02 Å².